The largest absolute Gasteiger partial charge is 0.466 e. The van der Waals surface area contributed by atoms with E-state index in [0.29, 0.717) is 19.4 Å². The average molecular weight is 846 g/mol. The lowest BCUT2D eigenvalue weighted by molar-refractivity contribution is -0.143. The number of allylic oxidation sites excluding steroid dienone is 3. The minimum atomic E-state index is -0.855. The summed E-state index contributed by atoms with van der Waals surface area (Å²) in [4.78, 5) is 24.4. The van der Waals surface area contributed by atoms with Gasteiger partial charge in [-0.15, -0.1) is 0 Å². The number of aliphatic hydroxyl groups is 2. The highest BCUT2D eigenvalue weighted by atomic mass is 16.5. The van der Waals surface area contributed by atoms with Gasteiger partial charge >= 0.3 is 5.97 Å². The topological polar surface area (TPSA) is 95.9 Å². The van der Waals surface area contributed by atoms with Gasteiger partial charge in [0.25, 0.3) is 0 Å². The van der Waals surface area contributed by atoms with Crippen LogP contribution in [0.25, 0.3) is 0 Å². The molecule has 354 valence electrons. The molecule has 0 saturated heterocycles. The number of amides is 1. The Morgan fingerprint density at radius 1 is 0.450 bits per heavy atom. The zero-order valence-electron chi connectivity index (χ0n) is 40.2. The normalized spacial score (nSPS) is 12.8. The Bertz CT molecular complexity index is 935. The first kappa shape index (κ1) is 58.3. The van der Waals surface area contributed by atoms with Crippen molar-refractivity contribution in [1.29, 1.82) is 0 Å². The van der Waals surface area contributed by atoms with Gasteiger partial charge in [0.1, 0.15) is 0 Å². The molecule has 0 bridgehead atoms. The number of rotatable bonds is 49. The molecule has 0 aromatic heterocycles. The second-order valence-electron chi connectivity index (χ2n) is 18.2. The van der Waals surface area contributed by atoms with Gasteiger partial charge in [-0.25, -0.2) is 0 Å². The molecule has 60 heavy (non-hydrogen) atoms. The monoisotopic (exact) mass is 846 g/mol. The summed E-state index contributed by atoms with van der Waals surface area (Å²) in [5.74, 6) is -0.104. The third-order valence-electron chi connectivity index (χ3n) is 12.2. The molecular formula is C54H103NO5. The molecule has 0 radical (unpaired) electrons. The number of aliphatic hydroxyl groups excluding tert-OH is 2. The van der Waals surface area contributed by atoms with Crippen LogP contribution >= 0.6 is 0 Å². The molecule has 0 aliphatic carbocycles. The van der Waals surface area contributed by atoms with E-state index < -0.39 is 12.1 Å². The van der Waals surface area contributed by atoms with Crippen molar-refractivity contribution in [2.24, 2.45) is 0 Å². The molecule has 0 saturated carbocycles. The zero-order chi connectivity index (χ0) is 43.7. The lowest BCUT2D eigenvalue weighted by Gasteiger charge is -2.20. The molecule has 0 heterocycles. The molecule has 0 aliphatic heterocycles. The molecular weight excluding hydrogens is 743 g/mol. The van der Waals surface area contributed by atoms with Gasteiger partial charge in [-0.05, 0) is 51.4 Å². The van der Waals surface area contributed by atoms with Crippen LogP contribution in [0.1, 0.15) is 284 Å². The van der Waals surface area contributed by atoms with E-state index in [1.54, 1.807) is 6.08 Å². The van der Waals surface area contributed by atoms with Gasteiger partial charge in [-0.3, -0.25) is 9.59 Å². The number of nitrogens with one attached hydrogen (secondary N) is 1. The van der Waals surface area contributed by atoms with Crippen molar-refractivity contribution in [3.63, 3.8) is 0 Å². The molecule has 0 aromatic carbocycles. The van der Waals surface area contributed by atoms with Crippen LogP contribution in [0.3, 0.4) is 0 Å². The number of carbonyl (C=O) groups excluding carboxylic acids is 2. The van der Waals surface area contributed by atoms with E-state index in [4.69, 9.17) is 4.74 Å². The molecule has 6 nitrogen and oxygen atoms in total. The van der Waals surface area contributed by atoms with Crippen molar-refractivity contribution >= 4 is 11.9 Å². The lowest BCUT2D eigenvalue weighted by Crippen LogP contribution is -2.45. The fourth-order valence-electron chi connectivity index (χ4n) is 8.08. The number of esters is 1. The second-order valence-corrected chi connectivity index (χ2v) is 18.2. The van der Waals surface area contributed by atoms with Crippen LogP contribution in [0.4, 0.5) is 0 Å². The summed E-state index contributed by atoms with van der Waals surface area (Å²) < 4.78 is 5.44. The van der Waals surface area contributed by atoms with E-state index in [1.165, 1.54) is 199 Å². The van der Waals surface area contributed by atoms with Crippen molar-refractivity contribution in [2.45, 2.75) is 296 Å². The Kier molecular flexibility index (Phi) is 48.6. The van der Waals surface area contributed by atoms with E-state index in [0.717, 1.165) is 57.8 Å². The highest BCUT2D eigenvalue weighted by Crippen LogP contribution is 2.16. The zero-order valence-corrected chi connectivity index (χ0v) is 40.2. The maximum atomic E-state index is 12.5. The predicted molar refractivity (Wildman–Crippen MR) is 260 cm³/mol. The Balaban J connectivity index is 3.51. The minimum Gasteiger partial charge on any atom is -0.466 e. The highest BCUT2D eigenvalue weighted by molar-refractivity contribution is 5.76. The molecule has 0 aliphatic rings. The Hall–Kier alpha value is -1.66. The molecule has 0 fully saturated rings. The van der Waals surface area contributed by atoms with E-state index in [2.05, 4.69) is 31.3 Å². The predicted octanol–water partition coefficient (Wildman–Crippen LogP) is 15.9. The summed E-state index contributed by atoms with van der Waals surface area (Å²) in [6.07, 6.45) is 58.9. The number of ether oxygens (including phenoxy) is 1. The Labute approximate surface area is 373 Å². The lowest BCUT2D eigenvalue weighted by atomic mass is 10.0. The van der Waals surface area contributed by atoms with Crippen molar-refractivity contribution in [2.75, 3.05) is 13.2 Å². The third kappa shape index (κ3) is 45.9. The molecule has 0 aromatic rings. The number of carbonyl (C=O) groups is 2. The van der Waals surface area contributed by atoms with E-state index in [1.807, 2.05) is 6.08 Å². The number of unbranched alkanes of at least 4 members (excludes halogenated alkanes) is 36. The quantitative estimate of drug-likeness (QED) is 0.0322. The maximum Gasteiger partial charge on any atom is 0.305 e. The minimum absolute atomic E-state index is 0.0218. The van der Waals surface area contributed by atoms with Gasteiger partial charge in [0.05, 0.1) is 25.4 Å². The summed E-state index contributed by atoms with van der Waals surface area (Å²) in [6, 6.07) is -0.640. The van der Waals surface area contributed by atoms with Crippen LogP contribution in [-0.2, 0) is 14.3 Å². The van der Waals surface area contributed by atoms with Crippen LogP contribution in [-0.4, -0.2) is 47.4 Å². The first-order valence-electron chi connectivity index (χ1n) is 26.6. The van der Waals surface area contributed by atoms with Crippen LogP contribution in [0.15, 0.2) is 24.3 Å². The fraction of sp³-hybridized carbons (Fsp3) is 0.889. The molecule has 2 atom stereocenters. The molecule has 2 unspecified atom stereocenters. The number of hydrogen-bond donors (Lipinski definition) is 3. The Morgan fingerprint density at radius 3 is 1.23 bits per heavy atom. The average Bonchev–Trinajstić information content (AvgIpc) is 3.25. The van der Waals surface area contributed by atoms with Crippen molar-refractivity contribution in [3.8, 4) is 0 Å². The molecule has 6 heteroatoms. The summed E-state index contributed by atoms with van der Waals surface area (Å²) >= 11 is 0. The smallest absolute Gasteiger partial charge is 0.305 e. The maximum absolute atomic E-state index is 12.5. The van der Waals surface area contributed by atoms with E-state index in [9.17, 15) is 19.8 Å². The van der Waals surface area contributed by atoms with Crippen molar-refractivity contribution < 1.29 is 24.5 Å². The molecule has 1 amide bonds. The van der Waals surface area contributed by atoms with Gasteiger partial charge < -0.3 is 20.3 Å². The first-order chi connectivity index (χ1) is 29.5. The molecule has 0 rings (SSSR count). The highest BCUT2D eigenvalue weighted by Gasteiger charge is 2.18. The summed E-state index contributed by atoms with van der Waals surface area (Å²) in [6.45, 7) is 4.84. The Morgan fingerprint density at radius 2 is 0.800 bits per heavy atom. The van der Waals surface area contributed by atoms with Crippen LogP contribution in [0.5, 0.6) is 0 Å². The first-order valence-corrected chi connectivity index (χ1v) is 26.6. The van der Waals surface area contributed by atoms with Gasteiger partial charge in [0.15, 0.2) is 0 Å². The van der Waals surface area contributed by atoms with Gasteiger partial charge in [-0.1, -0.05) is 244 Å². The van der Waals surface area contributed by atoms with Crippen LogP contribution < -0.4 is 5.32 Å². The number of hydrogen-bond acceptors (Lipinski definition) is 5. The summed E-state index contributed by atoms with van der Waals surface area (Å²) in [5, 5.41) is 23.1. The van der Waals surface area contributed by atoms with Crippen molar-refractivity contribution in [3.05, 3.63) is 24.3 Å². The second kappa shape index (κ2) is 50.0. The summed E-state index contributed by atoms with van der Waals surface area (Å²) in [5.41, 5.74) is 0. The van der Waals surface area contributed by atoms with Gasteiger partial charge in [-0.2, -0.15) is 0 Å². The molecule has 0 spiro atoms. The third-order valence-corrected chi connectivity index (χ3v) is 12.2. The van der Waals surface area contributed by atoms with Crippen LogP contribution in [0.2, 0.25) is 0 Å². The van der Waals surface area contributed by atoms with E-state index >= 15 is 0 Å². The van der Waals surface area contributed by atoms with Crippen LogP contribution in [0, 0.1) is 0 Å². The molecule has 3 N–H and O–H groups in total. The fourth-order valence-corrected chi connectivity index (χ4v) is 8.08. The van der Waals surface area contributed by atoms with Gasteiger partial charge in [0.2, 0.25) is 5.91 Å². The van der Waals surface area contributed by atoms with E-state index in [-0.39, 0.29) is 18.5 Å². The standard InChI is InChI=1S/C54H103NO5/c1-3-5-7-9-11-13-15-16-17-18-19-20-21-22-23-27-30-34-38-42-46-52(57)51(50-56)55-53(58)47-43-39-35-31-28-24-25-29-33-37-41-45-49-60-54(59)48-44-40-36-32-26-14-12-10-8-6-4-2/h10,12,42,46,51-52,56-57H,3-9,11,13-41,43-45,47-50H2,1-2H3,(H,55,58)/b12-10-,46-42+. The van der Waals surface area contributed by atoms with Crippen molar-refractivity contribution in [1.82, 2.24) is 5.32 Å². The summed E-state index contributed by atoms with van der Waals surface area (Å²) in [7, 11) is 0. The SMILES string of the molecule is CCCC/C=C\CCCCCCCC(=O)OCCCCCCCCCCCCCCC(=O)NC(CO)C(O)/C=C/CCCCCCCCCCCCCCCCCCCC. The van der Waals surface area contributed by atoms with Gasteiger partial charge in [0, 0.05) is 12.8 Å².